The first kappa shape index (κ1) is 17.5. The maximum Gasteiger partial charge on any atom is 0.243 e. The zero-order valence-corrected chi connectivity index (χ0v) is 15.8. The first-order valence-electron chi connectivity index (χ1n) is 9.62. The number of nitrogens with zero attached hydrogens (tertiary/aromatic N) is 2. The molecule has 4 atom stereocenters. The molecule has 0 aromatic heterocycles. The zero-order valence-electron chi connectivity index (χ0n) is 14.9. The van der Waals surface area contributed by atoms with Crippen LogP contribution in [0.2, 0.25) is 0 Å². The largest absolute Gasteiger partial charge is 0.361 e. The third-order valence-corrected chi connectivity index (χ3v) is 7.00. The van der Waals surface area contributed by atoms with Crippen molar-refractivity contribution in [3.8, 4) is 0 Å². The van der Waals surface area contributed by atoms with E-state index in [4.69, 9.17) is 0 Å². The number of rotatable bonds is 2. The minimum atomic E-state index is -0.403. The van der Waals surface area contributed by atoms with Gasteiger partial charge in [0.15, 0.2) is 0 Å². The normalized spacial score (nSPS) is 33.3. The summed E-state index contributed by atoms with van der Waals surface area (Å²) in [7, 11) is 0. The van der Waals surface area contributed by atoms with Gasteiger partial charge < -0.3 is 10.2 Å². The molecule has 8 heteroatoms. The number of piperidine rings is 1. The lowest BCUT2D eigenvalue weighted by Crippen LogP contribution is -2.52. The van der Waals surface area contributed by atoms with Crippen LogP contribution in [0.15, 0.2) is 12.1 Å². The van der Waals surface area contributed by atoms with Crippen LogP contribution in [0.25, 0.3) is 0 Å². The average molecular weight is 390 g/mol. The van der Waals surface area contributed by atoms with Crippen molar-refractivity contribution in [1.82, 2.24) is 15.5 Å². The van der Waals surface area contributed by atoms with Crippen molar-refractivity contribution in [2.75, 3.05) is 18.0 Å². The number of carbonyl (C=O) groups is 2. The summed E-state index contributed by atoms with van der Waals surface area (Å²) in [4.78, 5) is 27.9. The van der Waals surface area contributed by atoms with E-state index in [9.17, 15) is 9.59 Å². The molecule has 2 N–H and O–H groups in total. The highest BCUT2D eigenvalue weighted by Crippen LogP contribution is 2.43. The molecule has 5 rings (SSSR count). The van der Waals surface area contributed by atoms with Gasteiger partial charge in [-0.2, -0.15) is 12.6 Å². The van der Waals surface area contributed by atoms with Gasteiger partial charge in [0.1, 0.15) is 5.82 Å². The molecule has 0 saturated carbocycles. The van der Waals surface area contributed by atoms with Crippen LogP contribution in [-0.2, 0) is 16.1 Å². The van der Waals surface area contributed by atoms with Crippen LogP contribution in [0.1, 0.15) is 42.2 Å². The van der Waals surface area contributed by atoms with Crippen molar-refractivity contribution in [3.63, 3.8) is 0 Å². The van der Waals surface area contributed by atoms with E-state index >= 15 is 4.39 Å². The Balaban J connectivity index is 1.44. The number of amides is 2. The quantitative estimate of drug-likeness (QED) is 0.525. The predicted molar refractivity (Wildman–Crippen MR) is 102 cm³/mol. The van der Waals surface area contributed by atoms with Crippen molar-refractivity contribution in [2.24, 2.45) is 0 Å². The first-order chi connectivity index (χ1) is 13.0. The molecule has 3 fully saturated rings. The second kappa shape index (κ2) is 6.46. The van der Waals surface area contributed by atoms with Gasteiger partial charge in [-0.25, -0.2) is 4.39 Å². The van der Waals surface area contributed by atoms with Crippen molar-refractivity contribution >= 4 is 30.1 Å². The van der Waals surface area contributed by atoms with Gasteiger partial charge in [-0.3, -0.25) is 19.8 Å². The number of thiol groups is 1. The molecule has 4 aliphatic heterocycles. The summed E-state index contributed by atoms with van der Waals surface area (Å²) in [6.45, 7) is 2.33. The average Bonchev–Trinajstić information content (AvgIpc) is 3.07. The van der Waals surface area contributed by atoms with Gasteiger partial charge in [0.25, 0.3) is 0 Å². The standard InChI is InChI=1S/C19H23FN4O2S/c20-14-6-13-10(5-16(14)24-11-1-2-12(24)8-21-7-11)9-23(19(13)27)15-3-4-17(25)22-18(15)26/h5-6,11-12,15,19,21,27H,1-4,7-9H2,(H,22,25,26). The van der Waals surface area contributed by atoms with Crippen LogP contribution in [0, 0.1) is 5.82 Å². The maximum atomic E-state index is 15.0. The van der Waals surface area contributed by atoms with Gasteiger partial charge >= 0.3 is 0 Å². The number of carbonyl (C=O) groups excluding carboxylic acids is 2. The Bertz CT molecular complexity index is 803. The summed E-state index contributed by atoms with van der Waals surface area (Å²) in [5, 5.41) is 5.49. The fourth-order valence-electron chi connectivity index (χ4n) is 5.11. The van der Waals surface area contributed by atoms with Gasteiger partial charge in [0.2, 0.25) is 11.8 Å². The zero-order chi connectivity index (χ0) is 18.7. The molecule has 1 aromatic rings. The van der Waals surface area contributed by atoms with Gasteiger partial charge in [-0.05, 0) is 42.5 Å². The van der Waals surface area contributed by atoms with E-state index in [1.54, 1.807) is 6.07 Å². The molecular formula is C19H23FN4O2S. The Morgan fingerprint density at radius 2 is 1.85 bits per heavy atom. The number of fused-ring (bicyclic) bond motifs is 3. The van der Waals surface area contributed by atoms with Gasteiger partial charge in [-0.1, -0.05) is 0 Å². The highest BCUT2D eigenvalue weighted by molar-refractivity contribution is 7.80. The van der Waals surface area contributed by atoms with Crippen molar-refractivity contribution in [3.05, 3.63) is 29.1 Å². The molecule has 4 heterocycles. The lowest BCUT2D eigenvalue weighted by molar-refractivity contribution is -0.137. The van der Waals surface area contributed by atoms with Gasteiger partial charge in [-0.15, -0.1) is 0 Å². The smallest absolute Gasteiger partial charge is 0.243 e. The van der Waals surface area contributed by atoms with Crippen LogP contribution in [0.5, 0.6) is 0 Å². The molecule has 2 amide bonds. The number of hydrogen-bond donors (Lipinski definition) is 3. The number of nitrogens with one attached hydrogen (secondary N) is 2. The Morgan fingerprint density at radius 3 is 2.56 bits per heavy atom. The molecule has 1 aromatic carbocycles. The molecule has 0 aliphatic carbocycles. The van der Waals surface area contributed by atoms with E-state index in [1.165, 1.54) is 0 Å². The topological polar surface area (TPSA) is 64.7 Å². The fraction of sp³-hybridized carbons (Fsp3) is 0.579. The Labute approximate surface area is 162 Å². The molecule has 0 radical (unpaired) electrons. The molecule has 2 bridgehead atoms. The Hall–Kier alpha value is -1.64. The fourth-order valence-corrected chi connectivity index (χ4v) is 5.59. The third-order valence-electron chi connectivity index (χ3n) is 6.42. The summed E-state index contributed by atoms with van der Waals surface area (Å²) in [5.74, 6) is -0.720. The second-order valence-electron chi connectivity index (χ2n) is 7.97. The van der Waals surface area contributed by atoms with E-state index in [0.29, 0.717) is 37.2 Å². The summed E-state index contributed by atoms with van der Waals surface area (Å²) >= 11 is 4.67. The summed E-state index contributed by atoms with van der Waals surface area (Å²) < 4.78 is 15.0. The SMILES string of the molecule is O=C1CCC(N2Cc3cc(N4C5CCC4CNC5)c(F)cc3C2S)C(=O)N1. The minimum Gasteiger partial charge on any atom is -0.361 e. The second-order valence-corrected chi connectivity index (χ2v) is 8.45. The highest BCUT2D eigenvalue weighted by Gasteiger charge is 2.42. The van der Waals surface area contributed by atoms with Crippen LogP contribution < -0.4 is 15.5 Å². The lowest BCUT2D eigenvalue weighted by atomic mass is 10.0. The van der Waals surface area contributed by atoms with Crippen molar-refractivity contribution in [1.29, 1.82) is 0 Å². The van der Waals surface area contributed by atoms with E-state index in [1.807, 2.05) is 11.0 Å². The number of imide groups is 1. The molecule has 6 nitrogen and oxygen atoms in total. The monoisotopic (exact) mass is 390 g/mol. The number of hydrogen-bond acceptors (Lipinski definition) is 6. The molecule has 27 heavy (non-hydrogen) atoms. The van der Waals surface area contributed by atoms with E-state index in [-0.39, 0.29) is 23.0 Å². The van der Waals surface area contributed by atoms with E-state index in [0.717, 1.165) is 37.1 Å². The summed E-state index contributed by atoms with van der Waals surface area (Å²) in [6.07, 6.45) is 2.98. The highest BCUT2D eigenvalue weighted by atomic mass is 32.1. The molecular weight excluding hydrogens is 367 g/mol. The molecule has 0 spiro atoms. The van der Waals surface area contributed by atoms with E-state index < -0.39 is 6.04 Å². The Kier molecular flexibility index (Phi) is 4.18. The van der Waals surface area contributed by atoms with Crippen molar-refractivity contribution < 1.29 is 14.0 Å². The molecule has 3 saturated heterocycles. The number of halogens is 1. The molecule has 4 aliphatic rings. The van der Waals surface area contributed by atoms with Crippen LogP contribution in [0.3, 0.4) is 0 Å². The van der Waals surface area contributed by atoms with Gasteiger partial charge in [0, 0.05) is 38.1 Å². The summed E-state index contributed by atoms with van der Waals surface area (Å²) in [6, 6.07) is 3.83. The predicted octanol–water partition coefficient (Wildman–Crippen LogP) is 1.32. The Morgan fingerprint density at radius 1 is 1.11 bits per heavy atom. The first-order valence-corrected chi connectivity index (χ1v) is 10.1. The summed E-state index contributed by atoms with van der Waals surface area (Å²) in [5.41, 5.74) is 2.52. The third kappa shape index (κ3) is 2.77. The van der Waals surface area contributed by atoms with E-state index in [2.05, 4.69) is 28.2 Å². The van der Waals surface area contributed by atoms with Gasteiger partial charge in [0.05, 0.1) is 17.1 Å². The number of piperazine rings is 1. The van der Waals surface area contributed by atoms with Crippen LogP contribution >= 0.6 is 12.6 Å². The molecule has 4 unspecified atom stereocenters. The number of benzene rings is 1. The van der Waals surface area contributed by atoms with Crippen LogP contribution in [-0.4, -0.2) is 47.9 Å². The maximum absolute atomic E-state index is 15.0. The molecule has 144 valence electrons. The minimum absolute atomic E-state index is 0.211. The van der Waals surface area contributed by atoms with Crippen molar-refractivity contribution in [2.45, 2.75) is 55.7 Å². The number of anilines is 1. The van der Waals surface area contributed by atoms with Crippen LogP contribution in [0.4, 0.5) is 10.1 Å². The lowest BCUT2D eigenvalue weighted by Gasteiger charge is -2.37.